The molecule has 1 aromatic carbocycles. The van der Waals surface area contributed by atoms with E-state index in [0.29, 0.717) is 5.69 Å². The molecule has 2 heterocycles. The summed E-state index contributed by atoms with van der Waals surface area (Å²) < 4.78 is 13.0. The smallest absolute Gasteiger partial charge is 0.214 e. The lowest BCUT2D eigenvalue weighted by atomic mass is 10.2. The van der Waals surface area contributed by atoms with Gasteiger partial charge >= 0.3 is 0 Å². The van der Waals surface area contributed by atoms with E-state index in [9.17, 15) is 4.39 Å². The molecule has 1 fully saturated rings. The second-order valence-electron chi connectivity index (χ2n) is 4.73. The van der Waals surface area contributed by atoms with Gasteiger partial charge in [-0.25, -0.2) is 4.98 Å². The number of halogens is 1. The Morgan fingerprint density at radius 1 is 1.00 bits per heavy atom. The zero-order chi connectivity index (χ0) is 13.1. The summed E-state index contributed by atoms with van der Waals surface area (Å²) in [5.74, 6) is -0.473. The van der Waals surface area contributed by atoms with Gasteiger partial charge < -0.3 is 10.2 Å². The number of rotatable bonds is 3. The van der Waals surface area contributed by atoms with E-state index in [-0.39, 0.29) is 0 Å². The number of hydrogen-bond donors (Lipinski definition) is 1. The minimum absolute atomic E-state index is 0.473. The van der Waals surface area contributed by atoms with Crippen LogP contribution in [0, 0.1) is 5.95 Å². The molecule has 2 aromatic rings. The van der Waals surface area contributed by atoms with E-state index in [4.69, 9.17) is 0 Å². The van der Waals surface area contributed by atoms with Crippen molar-refractivity contribution in [3.63, 3.8) is 0 Å². The van der Waals surface area contributed by atoms with Gasteiger partial charge in [0.15, 0.2) is 0 Å². The number of hydrogen-bond acceptors (Lipinski definition) is 3. The molecule has 0 spiro atoms. The molecule has 1 aliphatic rings. The molecule has 4 heteroatoms. The monoisotopic (exact) mass is 257 g/mol. The molecular weight excluding hydrogens is 241 g/mol. The summed E-state index contributed by atoms with van der Waals surface area (Å²) in [4.78, 5) is 5.92. The number of pyridine rings is 1. The van der Waals surface area contributed by atoms with Crippen LogP contribution in [0.1, 0.15) is 12.8 Å². The zero-order valence-corrected chi connectivity index (χ0v) is 10.6. The first-order valence-electron chi connectivity index (χ1n) is 6.55. The summed E-state index contributed by atoms with van der Waals surface area (Å²) in [5, 5.41) is 3.16. The van der Waals surface area contributed by atoms with Crippen LogP contribution in [0.2, 0.25) is 0 Å². The van der Waals surface area contributed by atoms with Gasteiger partial charge in [-0.3, -0.25) is 0 Å². The molecule has 0 unspecified atom stereocenters. The Morgan fingerprint density at radius 2 is 1.74 bits per heavy atom. The van der Waals surface area contributed by atoms with Crippen LogP contribution >= 0.6 is 0 Å². The fourth-order valence-electron chi connectivity index (χ4n) is 2.38. The topological polar surface area (TPSA) is 28.2 Å². The van der Waals surface area contributed by atoms with Crippen molar-refractivity contribution in [3.8, 4) is 0 Å². The SMILES string of the molecule is Fc1cc(Nc2ccc(N3CCCC3)cc2)ccn1. The third kappa shape index (κ3) is 2.84. The lowest BCUT2D eigenvalue weighted by Gasteiger charge is -2.18. The van der Waals surface area contributed by atoms with Gasteiger partial charge in [-0.2, -0.15) is 4.39 Å². The van der Waals surface area contributed by atoms with Gasteiger partial charge in [-0.15, -0.1) is 0 Å². The standard InChI is InChI=1S/C15H16FN3/c16-15-11-13(7-8-17-15)18-12-3-5-14(6-4-12)19-9-1-2-10-19/h3-8,11H,1-2,9-10H2,(H,17,18). The minimum atomic E-state index is -0.473. The number of benzene rings is 1. The van der Waals surface area contributed by atoms with Crippen LogP contribution in [0.5, 0.6) is 0 Å². The molecule has 19 heavy (non-hydrogen) atoms. The highest BCUT2D eigenvalue weighted by atomic mass is 19.1. The molecule has 1 N–H and O–H groups in total. The predicted octanol–water partition coefficient (Wildman–Crippen LogP) is 3.56. The predicted molar refractivity (Wildman–Crippen MR) is 75.4 cm³/mol. The average molecular weight is 257 g/mol. The third-order valence-corrected chi connectivity index (χ3v) is 3.35. The number of anilines is 3. The van der Waals surface area contributed by atoms with E-state index >= 15 is 0 Å². The van der Waals surface area contributed by atoms with Crippen molar-refractivity contribution in [2.45, 2.75) is 12.8 Å². The van der Waals surface area contributed by atoms with E-state index in [1.54, 1.807) is 6.07 Å². The fraction of sp³-hybridized carbons (Fsp3) is 0.267. The maximum atomic E-state index is 13.0. The first kappa shape index (κ1) is 12.0. The maximum absolute atomic E-state index is 13.0. The Balaban J connectivity index is 1.72. The zero-order valence-electron chi connectivity index (χ0n) is 10.6. The van der Waals surface area contributed by atoms with Gasteiger partial charge in [0.25, 0.3) is 0 Å². The molecule has 0 saturated carbocycles. The maximum Gasteiger partial charge on any atom is 0.214 e. The normalized spacial score (nSPS) is 14.7. The van der Waals surface area contributed by atoms with Crippen LogP contribution in [0.15, 0.2) is 42.6 Å². The molecule has 1 saturated heterocycles. The van der Waals surface area contributed by atoms with Crippen molar-refractivity contribution >= 4 is 17.1 Å². The van der Waals surface area contributed by atoms with E-state index in [0.717, 1.165) is 18.8 Å². The lowest BCUT2D eigenvalue weighted by molar-refractivity contribution is 0.584. The largest absolute Gasteiger partial charge is 0.372 e. The van der Waals surface area contributed by atoms with Crippen molar-refractivity contribution in [2.75, 3.05) is 23.3 Å². The molecule has 3 nitrogen and oxygen atoms in total. The van der Waals surface area contributed by atoms with Gasteiger partial charge in [0.1, 0.15) is 0 Å². The van der Waals surface area contributed by atoms with E-state index < -0.39 is 5.95 Å². The first-order valence-corrected chi connectivity index (χ1v) is 6.55. The summed E-state index contributed by atoms with van der Waals surface area (Å²) >= 11 is 0. The average Bonchev–Trinajstić information content (AvgIpc) is 2.94. The van der Waals surface area contributed by atoms with Crippen LogP contribution in [0.25, 0.3) is 0 Å². The van der Waals surface area contributed by atoms with E-state index in [1.165, 1.54) is 30.8 Å². The lowest BCUT2D eigenvalue weighted by Crippen LogP contribution is -2.17. The van der Waals surface area contributed by atoms with Gasteiger partial charge in [-0.1, -0.05) is 0 Å². The highest BCUT2D eigenvalue weighted by Crippen LogP contribution is 2.23. The van der Waals surface area contributed by atoms with Crippen LogP contribution in [-0.2, 0) is 0 Å². The second kappa shape index (κ2) is 5.26. The Morgan fingerprint density at radius 3 is 2.42 bits per heavy atom. The van der Waals surface area contributed by atoms with E-state index in [2.05, 4.69) is 27.3 Å². The van der Waals surface area contributed by atoms with Crippen molar-refractivity contribution in [3.05, 3.63) is 48.5 Å². The van der Waals surface area contributed by atoms with E-state index in [1.807, 2.05) is 12.1 Å². The molecule has 98 valence electrons. The van der Waals surface area contributed by atoms with Gasteiger partial charge in [-0.05, 0) is 43.2 Å². The molecule has 0 amide bonds. The summed E-state index contributed by atoms with van der Waals surface area (Å²) in [7, 11) is 0. The molecule has 0 aliphatic carbocycles. The highest BCUT2D eigenvalue weighted by Gasteiger charge is 2.11. The van der Waals surface area contributed by atoms with Crippen LogP contribution in [0.3, 0.4) is 0 Å². The van der Waals surface area contributed by atoms with Crippen LogP contribution in [-0.4, -0.2) is 18.1 Å². The van der Waals surface area contributed by atoms with Crippen LogP contribution < -0.4 is 10.2 Å². The Hall–Kier alpha value is -2.10. The number of aromatic nitrogens is 1. The minimum Gasteiger partial charge on any atom is -0.372 e. The second-order valence-corrected chi connectivity index (χ2v) is 4.73. The van der Waals surface area contributed by atoms with Crippen molar-refractivity contribution in [1.29, 1.82) is 0 Å². The quantitative estimate of drug-likeness (QED) is 0.852. The Labute approximate surface area is 112 Å². The summed E-state index contributed by atoms with van der Waals surface area (Å²) in [6.45, 7) is 2.28. The van der Waals surface area contributed by atoms with Gasteiger partial charge in [0, 0.05) is 42.4 Å². The van der Waals surface area contributed by atoms with Crippen molar-refractivity contribution in [1.82, 2.24) is 4.98 Å². The molecule has 1 aromatic heterocycles. The molecule has 3 rings (SSSR count). The fourth-order valence-corrected chi connectivity index (χ4v) is 2.38. The molecular formula is C15H16FN3. The third-order valence-electron chi connectivity index (χ3n) is 3.35. The van der Waals surface area contributed by atoms with Crippen molar-refractivity contribution < 1.29 is 4.39 Å². The first-order chi connectivity index (χ1) is 9.31. The number of nitrogens with zero attached hydrogens (tertiary/aromatic N) is 2. The molecule has 0 bridgehead atoms. The molecule has 0 atom stereocenters. The van der Waals surface area contributed by atoms with Crippen molar-refractivity contribution in [2.24, 2.45) is 0 Å². The Kier molecular flexibility index (Phi) is 3.31. The summed E-state index contributed by atoms with van der Waals surface area (Å²) in [6, 6.07) is 11.4. The molecule has 1 aliphatic heterocycles. The molecule has 0 radical (unpaired) electrons. The highest BCUT2D eigenvalue weighted by molar-refractivity contribution is 5.62. The number of nitrogens with one attached hydrogen (secondary N) is 1. The Bertz CT molecular complexity index is 548. The summed E-state index contributed by atoms with van der Waals surface area (Å²) in [5.41, 5.74) is 2.92. The van der Waals surface area contributed by atoms with Gasteiger partial charge in [0.05, 0.1) is 0 Å². The van der Waals surface area contributed by atoms with Crippen LogP contribution in [0.4, 0.5) is 21.5 Å². The summed E-state index contributed by atoms with van der Waals surface area (Å²) in [6.07, 6.45) is 4.00. The van der Waals surface area contributed by atoms with Gasteiger partial charge in [0.2, 0.25) is 5.95 Å².